The molecule has 1 aliphatic rings. The van der Waals surface area contributed by atoms with E-state index in [4.69, 9.17) is 0 Å². The van der Waals surface area contributed by atoms with Crippen LogP contribution >= 0.6 is 0 Å². The van der Waals surface area contributed by atoms with E-state index in [0.29, 0.717) is 12.0 Å². The Bertz CT molecular complexity index is 163. The summed E-state index contributed by atoms with van der Waals surface area (Å²) >= 11 is 0. The van der Waals surface area contributed by atoms with E-state index >= 15 is 0 Å². The lowest BCUT2D eigenvalue weighted by Gasteiger charge is -2.22. The van der Waals surface area contributed by atoms with Crippen LogP contribution in [0.1, 0.15) is 33.6 Å². The van der Waals surface area contributed by atoms with Gasteiger partial charge in [-0.25, -0.2) is 0 Å². The molecule has 0 saturated heterocycles. The first kappa shape index (κ1) is 8.57. The third-order valence-electron chi connectivity index (χ3n) is 2.65. The highest BCUT2D eigenvalue weighted by Gasteiger charge is 2.29. The van der Waals surface area contributed by atoms with Crippen LogP contribution in [0.3, 0.4) is 0 Å². The molecule has 2 heteroatoms. The minimum atomic E-state index is 0.653. The van der Waals surface area contributed by atoms with E-state index in [1.54, 1.807) is 0 Å². The molecule has 0 aromatic heterocycles. The van der Waals surface area contributed by atoms with Crippen molar-refractivity contribution >= 4 is 5.71 Å². The lowest BCUT2D eigenvalue weighted by atomic mass is 9.92. The minimum Gasteiger partial charge on any atom is -0.296 e. The fourth-order valence-electron chi connectivity index (χ4n) is 2.05. The molecule has 1 aliphatic heterocycles. The average molecular weight is 154 g/mol. The van der Waals surface area contributed by atoms with E-state index in [1.165, 1.54) is 18.6 Å². The summed E-state index contributed by atoms with van der Waals surface area (Å²) < 4.78 is 0. The highest BCUT2D eigenvalue weighted by Crippen LogP contribution is 2.25. The largest absolute Gasteiger partial charge is 0.296 e. The van der Waals surface area contributed by atoms with Gasteiger partial charge in [-0.2, -0.15) is 5.10 Å². The number of hydrazone groups is 1. The van der Waals surface area contributed by atoms with Crippen molar-refractivity contribution in [2.24, 2.45) is 11.0 Å². The first-order valence-electron chi connectivity index (χ1n) is 4.48. The Morgan fingerprint density at radius 3 is 2.36 bits per heavy atom. The van der Waals surface area contributed by atoms with Gasteiger partial charge in [0.05, 0.1) is 6.04 Å². The molecule has 0 fully saturated rings. The van der Waals surface area contributed by atoms with Crippen LogP contribution in [0.25, 0.3) is 0 Å². The summed E-state index contributed by atoms with van der Waals surface area (Å²) in [5.41, 5.74) is 1.31. The van der Waals surface area contributed by atoms with Crippen molar-refractivity contribution in [2.75, 3.05) is 7.05 Å². The Hall–Kier alpha value is -0.530. The number of rotatable bonds is 2. The van der Waals surface area contributed by atoms with E-state index < -0.39 is 0 Å². The van der Waals surface area contributed by atoms with Crippen molar-refractivity contribution in [1.29, 1.82) is 0 Å². The molecule has 0 bridgehead atoms. The van der Waals surface area contributed by atoms with Crippen molar-refractivity contribution in [3.05, 3.63) is 0 Å². The van der Waals surface area contributed by atoms with Crippen molar-refractivity contribution < 1.29 is 0 Å². The quantitative estimate of drug-likeness (QED) is 0.595. The second kappa shape index (κ2) is 3.24. The molecule has 0 saturated carbocycles. The molecule has 2 atom stereocenters. The van der Waals surface area contributed by atoms with Crippen LogP contribution in [0.2, 0.25) is 0 Å². The molecule has 2 unspecified atom stereocenters. The Labute approximate surface area is 69.3 Å². The summed E-state index contributed by atoms with van der Waals surface area (Å²) in [5.74, 6) is 0.699. The predicted octanol–water partition coefficient (Wildman–Crippen LogP) is 2.11. The molecule has 1 rings (SSSR count). The second-order valence-electron chi connectivity index (χ2n) is 3.31. The summed E-state index contributed by atoms with van der Waals surface area (Å²) in [4.78, 5) is 0. The Balaban J connectivity index is 2.68. The van der Waals surface area contributed by atoms with Gasteiger partial charge in [0.25, 0.3) is 0 Å². The standard InChI is InChI=1S/C9H18N2/c1-5-8-7(3)10-11(4)9(8)6-2/h8-9H,5-6H2,1-4H3. The van der Waals surface area contributed by atoms with Crippen molar-refractivity contribution in [1.82, 2.24) is 5.01 Å². The van der Waals surface area contributed by atoms with Crippen LogP contribution in [0.4, 0.5) is 0 Å². The van der Waals surface area contributed by atoms with Gasteiger partial charge in [-0.05, 0) is 19.8 Å². The van der Waals surface area contributed by atoms with Crippen molar-refractivity contribution in [3.8, 4) is 0 Å². The Morgan fingerprint density at radius 2 is 2.00 bits per heavy atom. The summed E-state index contributed by atoms with van der Waals surface area (Å²) in [6.45, 7) is 6.61. The van der Waals surface area contributed by atoms with E-state index in [0.717, 1.165) is 0 Å². The molecular formula is C9H18N2. The lowest BCUT2D eigenvalue weighted by molar-refractivity contribution is 0.236. The minimum absolute atomic E-state index is 0.653. The van der Waals surface area contributed by atoms with Gasteiger partial charge < -0.3 is 0 Å². The number of hydrogen-bond acceptors (Lipinski definition) is 2. The van der Waals surface area contributed by atoms with Crippen LogP contribution in [0, 0.1) is 5.92 Å². The summed E-state index contributed by atoms with van der Waals surface area (Å²) in [7, 11) is 2.08. The second-order valence-corrected chi connectivity index (χ2v) is 3.31. The fourth-order valence-corrected chi connectivity index (χ4v) is 2.05. The molecule has 0 N–H and O–H groups in total. The van der Waals surface area contributed by atoms with Gasteiger partial charge in [-0.3, -0.25) is 5.01 Å². The lowest BCUT2D eigenvalue weighted by Crippen LogP contribution is -2.29. The molecule has 0 radical (unpaired) electrons. The maximum Gasteiger partial charge on any atom is 0.0545 e. The molecular weight excluding hydrogens is 136 g/mol. The molecule has 2 nitrogen and oxygen atoms in total. The first-order chi connectivity index (χ1) is 5.20. The normalized spacial score (nSPS) is 30.9. The van der Waals surface area contributed by atoms with Gasteiger partial charge in [0.2, 0.25) is 0 Å². The average Bonchev–Trinajstić information content (AvgIpc) is 2.24. The molecule has 11 heavy (non-hydrogen) atoms. The molecule has 1 heterocycles. The van der Waals surface area contributed by atoms with Gasteiger partial charge in [0, 0.05) is 18.7 Å². The SMILES string of the molecule is CCC1C(C)=NN(C)C1CC. The Morgan fingerprint density at radius 1 is 1.36 bits per heavy atom. The summed E-state index contributed by atoms with van der Waals surface area (Å²) in [6, 6.07) is 0.653. The first-order valence-corrected chi connectivity index (χ1v) is 4.48. The van der Waals surface area contributed by atoms with Gasteiger partial charge >= 0.3 is 0 Å². The Kier molecular flexibility index (Phi) is 2.53. The highest BCUT2D eigenvalue weighted by molar-refractivity contribution is 5.86. The van der Waals surface area contributed by atoms with Crippen molar-refractivity contribution in [2.45, 2.75) is 39.7 Å². The van der Waals surface area contributed by atoms with Crippen LogP contribution in [0.15, 0.2) is 5.10 Å². The third-order valence-corrected chi connectivity index (χ3v) is 2.65. The van der Waals surface area contributed by atoms with E-state index in [-0.39, 0.29) is 0 Å². The fraction of sp³-hybridized carbons (Fsp3) is 0.889. The molecule has 0 aromatic rings. The van der Waals surface area contributed by atoms with E-state index in [9.17, 15) is 0 Å². The molecule has 0 aliphatic carbocycles. The molecule has 0 amide bonds. The molecule has 0 aromatic carbocycles. The van der Waals surface area contributed by atoms with Crippen molar-refractivity contribution in [3.63, 3.8) is 0 Å². The third kappa shape index (κ3) is 1.39. The zero-order valence-electron chi connectivity index (χ0n) is 7.96. The predicted molar refractivity (Wildman–Crippen MR) is 48.7 cm³/mol. The van der Waals surface area contributed by atoms with Gasteiger partial charge in [0.1, 0.15) is 0 Å². The van der Waals surface area contributed by atoms with Crippen LogP contribution in [-0.4, -0.2) is 23.8 Å². The molecule has 0 spiro atoms. The highest BCUT2D eigenvalue weighted by atomic mass is 15.5. The van der Waals surface area contributed by atoms with Gasteiger partial charge in [-0.15, -0.1) is 0 Å². The van der Waals surface area contributed by atoms with E-state index in [1.807, 2.05) is 0 Å². The zero-order valence-corrected chi connectivity index (χ0v) is 7.96. The summed E-state index contributed by atoms with van der Waals surface area (Å²) in [5, 5.41) is 6.56. The van der Waals surface area contributed by atoms with Crippen LogP contribution in [-0.2, 0) is 0 Å². The smallest absolute Gasteiger partial charge is 0.0545 e. The van der Waals surface area contributed by atoms with Crippen LogP contribution in [0.5, 0.6) is 0 Å². The number of nitrogens with zero attached hydrogens (tertiary/aromatic N) is 2. The van der Waals surface area contributed by atoms with E-state index in [2.05, 4.69) is 37.9 Å². The topological polar surface area (TPSA) is 15.6 Å². The van der Waals surface area contributed by atoms with Gasteiger partial charge in [-0.1, -0.05) is 13.8 Å². The zero-order chi connectivity index (χ0) is 8.43. The monoisotopic (exact) mass is 154 g/mol. The molecule has 64 valence electrons. The number of hydrogen-bond donors (Lipinski definition) is 0. The van der Waals surface area contributed by atoms with Gasteiger partial charge in [0.15, 0.2) is 0 Å². The summed E-state index contributed by atoms with van der Waals surface area (Å²) in [6.07, 6.45) is 2.42. The maximum atomic E-state index is 4.44. The maximum absolute atomic E-state index is 4.44. The van der Waals surface area contributed by atoms with Crippen LogP contribution < -0.4 is 0 Å².